The molecule has 0 aromatic carbocycles. The fraction of sp³-hybridized carbons (Fsp3) is 0.500. The minimum absolute atomic E-state index is 0. The van der Waals surface area contributed by atoms with Crippen LogP contribution in [0.1, 0.15) is 18.0 Å². The summed E-state index contributed by atoms with van der Waals surface area (Å²) in [4.78, 5) is -0.508. The molecular formula is C6H10Cl2N2. The van der Waals surface area contributed by atoms with Crippen molar-refractivity contribution in [1.29, 1.82) is 0 Å². The summed E-state index contributed by atoms with van der Waals surface area (Å²) < 4.78 is 1.66. The third kappa shape index (κ3) is 2.20. The van der Waals surface area contributed by atoms with Crippen molar-refractivity contribution < 1.29 is 0 Å². The zero-order valence-electron chi connectivity index (χ0n) is 4.88. The van der Waals surface area contributed by atoms with Crippen LogP contribution in [0, 0.1) is 0 Å². The molecule has 0 saturated heterocycles. The fourth-order valence-corrected chi connectivity index (χ4v) is 0.782. The number of alkyl halides is 2. The monoisotopic (exact) mass is 180 g/mol. The van der Waals surface area contributed by atoms with Gasteiger partial charge < -0.3 is 0 Å². The van der Waals surface area contributed by atoms with Gasteiger partial charge in [-0.1, -0.05) is 30.6 Å². The van der Waals surface area contributed by atoms with Gasteiger partial charge in [0.25, 0.3) is 0 Å². The Kier molecular flexibility index (Phi) is 3.76. The molecule has 0 unspecified atom stereocenters. The topological polar surface area (TPSA) is 17.8 Å². The maximum absolute atomic E-state index is 5.51. The lowest BCUT2D eigenvalue weighted by molar-refractivity contribution is 0.752. The molecule has 0 amide bonds. The van der Waals surface area contributed by atoms with Crippen molar-refractivity contribution in [3.63, 3.8) is 0 Å². The molecular weight excluding hydrogens is 171 g/mol. The van der Waals surface area contributed by atoms with Gasteiger partial charge in [0.15, 0.2) is 4.84 Å². The smallest absolute Gasteiger partial charge is 0.151 e. The summed E-state index contributed by atoms with van der Waals surface area (Å²) in [7, 11) is 1.82. The van der Waals surface area contributed by atoms with Crippen molar-refractivity contribution in [3.05, 3.63) is 18.0 Å². The number of halogens is 2. The Labute approximate surface area is 70.7 Å². The van der Waals surface area contributed by atoms with E-state index >= 15 is 0 Å². The summed E-state index contributed by atoms with van der Waals surface area (Å²) in [6.07, 6.45) is 1.80. The van der Waals surface area contributed by atoms with Crippen molar-refractivity contribution in [2.45, 2.75) is 12.3 Å². The highest BCUT2D eigenvalue weighted by molar-refractivity contribution is 6.43. The standard InChI is InChI=1S/C5H6Cl2N2.CH4/c1-9-3-2-4(8-9)5(6)7;/h2-3,5H,1H3;1H4. The Morgan fingerprint density at radius 2 is 2.20 bits per heavy atom. The molecule has 2 nitrogen and oxygen atoms in total. The second-order valence-electron chi connectivity index (χ2n) is 1.71. The Balaban J connectivity index is 0.000000810. The van der Waals surface area contributed by atoms with Crippen LogP contribution in [0.5, 0.6) is 0 Å². The molecule has 0 spiro atoms. The molecule has 0 aliphatic rings. The van der Waals surface area contributed by atoms with E-state index in [0.29, 0.717) is 5.69 Å². The lowest BCUT2D eigenvalue weighted by Gasteiger charge is -1.91. The SMILES string of the molecule is C.Cn1ccc(C(Cl)Cl)n1. The van der Waals surface area contributed by atoms with Gasteiger partial charge in [-0.25, -0.2) is 0 Å². The van der Waals surface area contributed by atoms with Crippen LogP contribution in [-0.4, -0.2) is 9.78 Å². The van der Waals surface area contributed by atoms with Crippen molar-refractivity contribution in [2.24, 2.45) is 7.05 Å². The number of aryl methyl sites for hydroxylation is 1. The van der Waals surface area contributed by atoms with E-state index < -0.39 is 4.84 Å². The summed E-state index contributed by atoms with van der Waals surface area (Å²) in [6.45, 7) is 0. The van der Waals surface area contributed by atoms with Gasteiger partial charge in [-0.3, -0.25) is 4.68 Å². The van der Waals surface area contributed by atoms with E-state index in [9.17, 15) is 0 Å². The Hall–Kier alpha value is -0.210. The number of nitrogens with zero attached hydrogens (tertiary/aromatic N) is 2. The number of aromatic nitrogens is 2. The van der Waals surface area contributed by atoms with Gasteiger partial charge in [-0.2, -0.15) is 5.10 Å². The van der Waals surface area contributed by atoms with Gasteiger partial charge in [-0.05, 0) is 6.07 Å². The maximum atomic E-state index is 5.51. The normalized spacial score (nSPS) is 9.60. The first-order valence-corrected chi connectivity index (χ1v) is 3.35. The van der Waals surface area contributed by atoms with Gasteiger partial charge in [0, 0.05) is 13.2 Å². The first-order valence-electron chi connectivity index (χ1n) is 2.48. The first kappa shape index (κ1) is 9.79. The van der Waals surface area contributed by atoms with Crippen LogP contribution in [0.25, 0.3) is 0 Å². The molecule has 1 aromatic heterocycles. The second kappa shape index (κ2) is 3.84. The molecule has 58 valence electrons. The van der Waals surface area contributed by atoms with Crippen molar-refractivity contribution in [1.82, 2.24) is 9.78 Å². The van der Waals surface area contributed by atoms with E-state index in [-0.39, 0.29) is 7.43 Å². The zero-order chi connectivity index (χ0) is 6.85. The van der Waals surface area contributed by atoms with Crippen LogP contribution < -0.4 is 0 Å². The highest BCUT2D eigenvalue weighted by Gasteiger charge is 2.04. The lowest BCUT2D eigenvalue weighted by atomic mass is 10.5. The first-order chi connectivity index (χ1) is 4.20. The number of hydrogen-bond donors (Lipinski definition) is 0. The minimum Gasteiger partial charge on any atom is -0.275 e. The third-order valence-electron chi connectivity index (χ3n) is 0.958. The van der Waals surface area contributed by atoms with E-state index in [4.69, 9.17) is 23.2 Å². The predicted molar refractivity (Wildman–Crippen MR) is 44.4 cm³/mol. The summed E-state index contributed by atoms with van der Waals surface area (Å²) >= 11 is 11.0. The molecule has 0 saturated carbocycles. The van der Waals surface area contributed by atoms with Crippen LogP contribution >= 0.6 is 23.2 Å². The van der Waals surface area contributed by atoms with Gasteiger partial charge >= 0.3 is 0 Å². The molecule has 0 atom stereocenters. The van der Waals surface area contributed by atoms with Crippen molar-refractivity contribution in [2.75, 3.05) is 0 Å². The summed E-state index contributed by atoms with van der Waals surface area (Å²) in [6, 6.07) is 1.78. The molecule has 0 fully saturated rings. The lowest BCUT2D eigenvalue weighted by Crippen LogP contribution is -1.89. The molecule has 0 N–H and O–H groups in total. The highest BCUT2D eigenvalue weighted by atomic mass is 35.5. The van der Waals surface area contributed by atoms with E-state index in [1.165, 1.54) is 0 Å². The van der Waals surface area contributed by atoms with E-state index in [0.717, 1.165) is 0 Å². The number of rotatable bonds is 1. The van der Waals surface area contributed by atoms with Crippen LogP contribution in [0.3, 0.4) is 0 Å². The maximum Gasteiger partial charge on any atom is 0.151 e. The molecule has 10 heavy (non-hydrogen) atoms. The third-order valence-corrected chi connectivity index (χ3v) is 1.40. The summed E-state index contributed by atoms with van der Waals surface area (Å²) in [5.74, 6) is 0. The van der Waals surface area contributed by atoms with E-state index in [1.54, 1.807) is 16.9 Å². The molecule has 4 heteroatoms. The number of hydrogen-bond acceptors (Lipinski definition) is 1. The van der Waals surface area contributed by atoms with Crippen LogP contribution in [-0.2, 0) is 7.05 Å². The quantitative estimate of drug-likeness (QED) is 0.608. The highest BCUT2D eigenvalue weighted by Crippen LogP contribution is 2.21. The second-order valence-corrected chi connectivity index (χ2v) is 2.81. The average Bonchev–Trinajstić information content (AvgIpc) is 2.14. The molecule has 0 aliphatic carbocycles. The van der Waals surface area contributed by atoms with Crippen molar-refractivity contribution >= 4 is 23.2 Å². The summed E-state index contributed by atoms with van der Waals surface area (Å²) in [5.41, 5.74) is 0.695. The van der Waals surface area contributed by atoms with E-state index in [2.05, 4.69) is 5.10 Å². The fourth-order valence-electron chi connectivity index (χ4n) is 0.549. The van der Waals surface area contributed by atoms with E-state index in [1.807, 2.05) is 7.05 Å². The van der Waals surface area contributed by atoms with Crippen LogP contribution in [0.15, 0.2) is 12.3 Å². The Morgan fingerprint density at radius 3 is 2.40 bits per heavy atom. The molecule has 0 aliphatic heterocycles. The Bertz CT molecular complexity index is 195. The van der Waals surface area contributed by atoms with Gasteiger partial charge in [0.05, 0.1) is 5.69 Å². The molecule has 1 heterocycles. The van der Waals surface area contributed by atoms with Gasteiger partial charge in [-0.15, -0.1) is 0 Å². The van der Waals surface area contributed by atoms with Crippen LogP contribution in [0.4, 0.5) is 0 Å². The Morgan fingerprint density at radius 1 is 1.60 bits per heavy atom. The largest absolute Gasteiger partial charge is 0.275 e. The molecule has 1 rings (SSSR count). The molecule has 0 radical (unpaired) electrons. The van der Waals surface area contributed by atoms with Gasteiger partial charge in [0.2, 0.25) is 0 Å². The molecule has 1 aromatic rings. The zero-order valence-corrected chi connectivity index (χ0v) is 6.39. The predicted octanol–water partition coefficient (Wildman–Crippen LogP) is 2.53. The van der Waals surface area contributed by atoms with Crippen molar-refractivity contribution in [3.8, 4) is 0 Å². The van der Waals surface area contributed by atoms with Gasteiger partial charge in [0.1, 0.15) is 0 Å². The average molecular weight is 181 g/mol. The minimum atomic E-state index is -0.508. The summed E-state index contributed by atoms with van der Waals surface area (Å²) in [5, 5.41) is 3.96. The van der Waals surface area contributed by atoms with Crippen LogP contribution in [0.2, 0.25) is 0 Å². The molecule has 0 bridgehead atoms.